The van der Waals surface area contributed by atoms with Gasteiger partial charge in [-0.25, -0.2) is 0 Å². The SMILES string of the molecule is CCC(=O)CC(C)=O.[InH3]. The van der Waals surface area contributed by atoms with E-state index in [1.54, 1.807) is 6.92 Å². The molecule has 0 fully saturated rings. The summed E-state index contributed by atoms with van der Waals surface area (Å²) in [6.07, 6.45) is 0.579. The molecular formula is C6H13InO2. The predicted octanol–water partition coefficient (Wildman–Crippen LogP) is -0.239. The molecular weight excluding hydrogens is 219 g/mol. The molecule has 0 aliphatic carbocycles. The Balaban J connectivity index is 0. The fraction of sp³-hybridized carbons (Fsp3) is 0.667. The van der Waals surface area contributed by atoms with Crippen LogP contribution in [0.15, 0.2) is 0 Å². The molecule has 3 heteroatoms. The van der Waals surface area contributed by atoms with Gasteiger partial charge in [0, 0.05) is 6.42 Å². The number of carbonyl (C=O) groups is 2. The number of hydrogen-bond donors (Lipinski definition) is 0. The van der Waals surface area contributed by atoms with Crippen molar-refractivity contribution >= 4 is 37.4 Å². The molecule has 0 aliphatic rings. The third-order valence-electron chi connectivity index (χ3n) is 0.840. The van der Waals surface area contributed by atoms with Crippen molar-refractivity contribution in [3.8, 4) is 0 Å². The summed E-state index contributed by atoms with van der Waals surface area (Å²) in [7, 11) is 0. The number of hydrogen-bond acceptors (Lipinski definition) is 2. The standard InChI is InChI=1S/C6H10O2.In.3H/c1-3-6(8)4-5(2)7;;;;/h3-4H2,1-2H3;;;;. The fourth-order valence-electron chi connectivity index (χ4n) is 0.403. The molecule has 0 aromatic carbocycles. The molecule has 0 aliphatic heterocycles. The molecule has 0 rings (SSSR count). The first kappa shape index (κ1) is 11.9. The van der Waals surface area contributed by atoms with Crippen molar-refractivity contribution < 1.29 is 9.59 Å². The van der Waals surface area contributed by atoms with Crippen LogP contribution in [0.3, 0.4) is 0 Å². The minimum atomic E-state index is -0.0446. The second kappa shape index (κ2) is 6.33. The maximum absolute atomic E-state index is 10.4. The third kappa shape index (κ3) is 8.21. The molecule has 0 unspecified atom stereocenters. The van der Waals surface area contributed by atoms with Gasteiger partial charge >= 0.3 is 25.8 Å². The second-order valence-electron chi connectivity index (χ2n) is 1.77. The first-order valence-electron chi connectivity index (χ1n) is 2.68. The van der Waals surface area contributed by atoms with Gasteiger partial charge in [-0.05, 0) is 6.92 Å². The van der Waals surface area contributed by atoms with E-state index in [2.05, 4.69) is 0 Å². The van der Waals surface area contributed by atoms with Crippen LogP contribution in [-0.4, -0.2) is 37.4 Å². The van der Waals surface area contributed by atoms with E-state index in [0.29, 0.717) is 6.42 Å². The monoisotopic (exact) mass is 232 g/mol. The van der Waals surface area contributed by atoms with Gasteiger partial charge in [0.15, 0.2) is 0 Å². The van der Waals surface area contributed by atoms with Crippen LogP contribution in [0.25, 0.3) is 0 Å². The normalized spacial score (nSPS) is 7.78. The van der Waals surface area contributed by atoms with Crippen molar-refractivity contribution in [1.29, 1.82) is 0 Å². The molecule has 0 N–H and O–H groups in total. The van der Waals surface area contributed by atoms with E-state index in [4.69, 9.17) is 0 Å². The average molecular weight is 232 g/mol. The Morgan fingerprint density at radius 3 is 1.89 bits per heavy atom. The molecule has 0 heterocycles. The van der Waals surface area contributed by atoms with Gasteiger partial charge in [0.25, 0.3) is 0 Å². The fourth-order valence-corrected chi connectivity index (χ4v) is 0.403. The van der Waals surface area contributed by atoms with Crippen molar-refractivity contribution in [2.75, 3.05) is 0 Å². The molecule has 0 amide bonds. The number of ketones is 2. The van der Waals surface area contributed by atoms with Crippen LogP contribution in [0.1, 0.15) is 26.7 Å². The number of Topliss-reactive ketones (excluding diaryl/α,β-unsaturated/α-hetero) is 2. The molecule has 0 bridgehead atoms. The molecule has 52 valence electrons. The molecule has 2 nitrogen and oxygen atoms in total. The van der Waals surface area contributed by atoms with Crippen LogP contribution in [0.2, 0.25) is 0 Å². The van der Waals surface area contributed by atoms with Crippen LogP contribution >= 0.6 is 0 Å². The van der Waals surface area contributed by atoms with Gasteiger partial charge < -0.3 is 0 Å². The van der Waals surface area contributed by atoms with Gasteiger partial charge in [0.1, 0.15) is 11.6 Å². The molecule has 0 radical (unpaired) electrons. The van der Waals surface area contributed by atoms with E-state index in [1.807, 2.05) is 0 Å². The topological polar surface area (TPSA) is 34.1 Å². The van der Waals surface area contributed by atoms with Crippen molar-refractivity contribution in [2.24, 2.45) is 0 Å². The predicted molar refractivity (Wildman–Crippen MR) is 40.5 cm³/mol. The zero-order valence-corrected chi connectivity index (χ0v) is 5.23. The van der Waals surface area contributed by atoms with Gasteiger partial charge in [-0.3, -0.25) is 9.59 Å². The van der Waals surface area contributed by atoms with E-state index >= 15 is 0 Å². The molecule has 0 aromatic heterocycles. The quantitative estimate of drug-likeness (QED) is 0.629. The summed E-state index contributed by atoms with van der Waals surface area (Å²) in [5.74, 6) is -0.0191. The van der Waals surface area contributed by atoms with E-state index in [0.717, 1.165) is 0 Å². The Bertz CT molecular complexity index is 110. The molecule has 0 spiro atoms. The number of carbonyl (C=O) groups excluding carboxylic acids is 2. The maximum atomic E-state index is 10.4. The molecule has 0 saturated carbocycles. The van der Waals surface area contributed by atoms with E-state index in [9.17, 15) is 9.59 Å². The summed E-state index contributed by atoms with van der Waals surface area (Å²) in [5, 5.41) is 0. The van der Waals surface area contributed by atoms with Crippen LogP contribution in [0.4, 0.5) is 0 Å². The van der Waals surface area contributed by atoms with Gasteiger partial charge in [-0.15, -0.1) is 0 Å². The van der Waals surface area contributed by atoms with E-state index in [1.165, 1.54) is 6.92 Å². The first-order valence-corrected chi connectivity index (χ1v) is 2.68. The summed E-state index contributed by atoms with van der Waals surface area (Å²) in [5.41, 5.74) is 0. The summed E-state index contributed by atoms with van der Waals surface area (Å²) in [4.78, 5) is 20.6. The van der Waals surface area contributed by atoms with Crippen molar-refractivity contribution in [2.45, 2.75) is 26.7 Å². The number of rotatable bonds is 3. The Labute approximate surface area is 73.8 Å². The van der Waals surface area contributed by atoms with E-state index < -0.39 is 0 Å². The zero-order valence-electron chi connectivity index (χ0n) is 5.23. The third-order valence-corrected chi connectivity index (χ3v) is 0.840. The Morgan fingerprint density at radius 2 is 1.78 bits per heavy atom. The van der Waals surface area contributed by atoms with Crippen LogP contribution in [0.5, 0.6) is 0 Å². The zero-order chi connectivity index (χ0) is 6.57. The molecule has 9 heavy (non-hydrogen) atoms. The van der Waals surface area contributed by atoms with Gasteiger partial charge in [-0.1, -0.05) is 6.92 Å². The molecule has 0 atom stereocenters. The van der Waals surface area contributed by atoms with Gasteiger partial charge in [0.2, 0.25) is 0 Å². The molecule has 0 aromatic rings. The summed E-state index contributed by atoms with van der Waals surface area (Å²) in [6, 6.07) is 0. The second-order valence-corrected chi connectivity index (χ2v) is 1.77. The Morgan fingerprint density at radius 1 is 1.33 bits per heavy atom. The Hall–Kier alpha value is 0.210. The Kier molecular flexibility index (Phi) is 8.40. The van der Waals surface area contributed by atoms with Crippen molar-refractivity contribution in [3.63, 3.8) is 0 Å². The van der Waals surface area contributed by atoms with Gasteiger partial charge in [-0.2, -0.15) is 0 Å². The summed E-state index contributed by atoms with van der Waals surface area (Å²) >= 11 is 0. The molecule has 0 saturated heterocycles. The van der Waals surface area contributed by atoms with E-state index in [-0.39, 0.29) is 43.8 Å². The summed E-state index contributed by atoms with van der Waals surface area (Å²) in [6.45, 7) is 3.18. The summed E-state index contributed by atoms with van der Waals surface area (Å²) < 4.78 is 0. The van der Waals surface area contributed by atoms with Gasteiger partial charge in [0.05, 0.1) is 6.42 Å². The van der Waals surface area contributed by atoms with Crippen LogP contribution in [0, 0.1) is 0 Å². The van der Waals surface area contributed by atoms with Crippen LogP contribution < -0.4 is 0 Å². The minimum absolute atomic E-state index is 0. The first-order chi connectivity index (χ1) is 3.66. The average Bonchev–Trinajstić information content (AvgIpc) is 1.65. The van der Waals surface area contributed by atoms with Crippen molar-refractivity contribution in [3.05, 3.63) is 0 Å². The van der Waals surface area contributed by atoms with Crippen molar-refractivity contribution in [1.82, 2.24) is 0 Å². The van der Waals surface area contributed by atoms with Crippen LogP contribution in [-0.2, 0) is 9.59 Å².